The van der Waals surface area contributed by atoms with Crippen LogP contribution in [0.1, 0.15) is 36.7 Å². The number of fused-ring (bicyclic) bond motifs is 1. The average Bonchev–Trinajstić information content (AvgIpc) is 2.97. The maximum atomic E-state index is 13.0. The van der Waals surface area contributed by atoms with Crippen molar-refractivity contribution in [3.8, 4) is 0 Å². The van der Waals surface area contributed by atoms with Gasteiger partial charge < -0.3 is 4.90 Å². The van der Waals surface area contributed by atoms with Crippen LogP contribution in [0.4, 0.5) is 5.69 Å². The zero-order valence-corrected chi connectivity index (χ0v) is 16.2. The molecule has 1 aliphatic heterocycles. The van der Waals surface area contributed by atoms with Crippen molar-refractivity contribution >= 4 is 21.6 Å². The molecule has 1 unspecified atom stereocenters. The van der Waals surface area contributed by atoms with Crippen molar-refractivity contribution in [3.05, 3.63) is 59.7 Å². The van der Waals surface area contributed by atoms with E-state index in [1.54, 1.807) is 17.0 Å². The van der Waals surface area contributed by atoms with E-state index in [1.807, 2.05) is 45.0 Å². The first-order chi connectivity index (χ1) is 12.4. The number of anilines is 1. The molecule has 1 amide bonds. The summed E-state index contributed by atoms with van der Waals surface area (Å²) < 4.78 is 26.6. The first kappa shape index (κ1) is 18.6. The predicted molar refractivity (Wildman–Crippen MR) is 103 cm³/mol. The third-order valence-corrected chi connectivity index (χ3v) is 6.93. The van der Waals surface area contributed by atoms with Gasteiger partial charge in [0.15, 0.2) is 0 Å². The summed E-state index contributed by atoms with van der Waals surface area (Å²) >= 11 is 0. The molecule has 0 saturated heterocycles. The molecule has 1 heterocycles. The van der Waals surface area contributed by atoms with Gasteiger partial charge in [-0.05, 0) is 49.2 Å². The van der Waals surface area contributed by atoms with Gasteiger partial charge in [0.25, 0.3) is 5.91 Å². The summed E-state index contributed by atoms with van der Waals surface area (Å²) in [5.74, 6) is -0.103. The van der Waals surface area contributed by atoms with Gasteiger partial charge in [0, 0.05) is 30.4 Å². The van der Waals surface area contributed by atoms with Crippen LogP contribution in [0, 0.1) is 0 Å². The highest BCUT2D eigenvalue weighted by Gasteiger charge is 2.31. The number of rotatable bonds is 5. The van der Waals surface area contributed by atoms with Crippen LogP contribution in [0.25, 0.3) is 0 Å². The van der Waals surface area contributed by atoms with Crippen molar-refractivity contribution in [2.24, 2.45) is 0 Å². The maximum Gasteiger partial charge on any atom is 0.258 e. The van der Waals surface area contributed by atoms with Gasteiger partial charge in [-0.2, -0.15) is 4.31 Å². The standard InChI is InChI=1S/C20H24N2O3S/c1-4-21(5-2)26(24,25)18-12-10-16(11-13-18)20(23)22-15(3)14-17-8-6-7-9-19(17)22/h6-13,15H,4-5,14H2,1-3H3. The number of hydrogen-bond acceptors (Lipinski definition) is 3. The minimum atomic E-state index is -3.51. The van der Waals surface area contributed by atoms with Crippen molar-refractivity contribution in [2.75, 3.05) is 18.0 Å². The van der Waals surface area contributed by atoms with E-state index in [-0.39, 0.29) is 16.8 Å². The number of para-hydroxylation sites is 1. The molecular weight excluding hydrogens is 348 g/mol. The van der Waals surface area contributed by atoms with Crippen LogP contribution in [-0.4, -0.2) is 37.8 Å². The Balaban J connectivity index is 1.89. The molecule has 26 heavy (non-hydrogen) atoms. The van der Waals surface area contributed by atoms with Gasteiger partial charge in [-0.25, -0.2) is 8.42 Å². The lowest BCUT2D eigenvalue weighted by Crippen LogP contribution is -2.35. The Bertz CT molecular complexity index is 903. The summed E-state index contributed by atoms with van der Waals surface area (Å²) in [6.07, 6.45) is 0.830. The van der Waals surface area contributed by atoms with Gasteiger partial charge in [0.05, 0.1) is 4.90 Å². The molecule has 2 aromatic rings. The Morgan fingerprint density at radius 2 is 1.69 bits per heavy atom. The van der Waals surface area contributed by atoms with E-state index in [9.17, 15) is 13.2 Å². The summed E-state index contributed by atoms with van der Waals surface area (Å²) in [6, 6.07) is 14.2. The molecule has 0 spiro atoms. The molecule has 0 aliphatic carbocycles. The maximum absolute atomic E-state index is 13.0. The molecule has 3 rings (SSSR count). The summed E-state index contributed by atoms with van der Waals surface area (Å²) in [4.78, 5) is 15.0. The zero-order valence-electron chi connectivity index (χ0n) is 15.3. The second kappa shape index (κ2) is 7.21. The minimum absolute atomic E-state index is 0.0824. The van der Waals surface area contributed by atoms with Gasteiger partial charge in [-0.3, -0.25) is 4.79 Å². The molecule has 1 aliphatic rings. The first-order valence-electron chi connectivity index (χ1n) is 8.91. The molecule has 0 fully saturated rings. The summed E-state index contributed by atoms with van der Waals surface area (Å²) in [6.45, 7) is 6.48. The van der Waals surface area contributed by atoms with Crippen molar-refractivity contribution < 1.29 is 13.2 Å². The molecule has 0 radical (unpaired) electrons. The Hall–Kier alpha value is -2.18. The molecular formula is C20H24N2O3S. The van der Waals surface area contributed by atoms with Crippen LogP contribution >= 0.6 is 0 Å². The predicted octanol–water partition coefficient (Wildman–Crippen LogP) is 3.31. The van der Waals surface area contributed by atoms with E-state index in [4.69, 9.17) is 0 Å². The number of hydrogen-bond donors (Lipinski definition) is 0. The molecule has 0 aromatic heterocycles. The molecule has 138 valence electrons. The van der Waals surface area contributed by atoms with Crippen molar-refractivity contribution in [1.82, 2.24) is 4.31 Å². The van der Waals surface area contributed by atoms with Crippen LogP contribution in [0.5, 0.6) is 0 Å². The number of carbonyl (C=O) groups is 1. The van der Waals surface area contributed by atoms with E-state index >= 15 is 0 Å². The monoisotopic (exact) mass is 372 g/mol. The number of nitrogens with zero attached hydrogens (tertiary/aromatic N) is 2. The van der Waals surface area contributed by atoms with Gasteiger partial charge in [0.1, 0.15) is 0 Å². The quantitative estimate of drug-likeness (QED) is 0.809. The topological polar surface area (TPSA) is 57.7 Å². The second-order valence-electron chi connectivity index (χ2n) is 6.47. The molecule has 1 atom stereocenters. The Kier molecular flexibility index (Phi) is 5.16. The Labute approximate surface area is 155 Å². The van der Waals surface area contributed by atoms with Crippen LogP contribution in [-0.2, 0) is 16.4 Å². The average molecular weight is 372 g/mol. The van der Waals surface area contributed by atoms with E-state index in [0.29, 0.717) is 18.7 Å². The number of sulfonamides is 1. The van der Waals surface area contributed by atoms with Crippen molar-refractivity contribution in [2.45, 2.75) is 38.1 Å². The minimum Gasteiger partial charge on any atom is -0.305 e. The van der Waals surface area contributed by atoms with E-state index in [0.717, 1.165) is 17.7 Å². The fourth-order valence-corrected chi connectivity index (χ4v) is 4.95. The fraction of sp³-hybridized carbons (Fsp3) is 0.350. The second-order valence-corrected chi connectivity index (χ2v) is 8.41. The molecule has 5 nitrogen and oxygen atoms in total. The van der Waals surface area contributed by atoms with Crippen molar-refractivity contribution in [3.63, 3.8) is 0 Å². The Morgan fingerprint density at radius 3 is 2.31 bits per heavy atom. The lowest BCUT2D eigenvalue weighted by Gasteiger charge is -2.23. The van der Waals surface area contributed by atoms with Gasteiger partial charge in [0.2, 0.25) is 10.0 Å². The lowest BCUT2D eigenvalue weighted by atomic mass is 10.1. The summed E-state index contributed by atoms with van der Waals surface area (Å²) in [7, 11) is -3.51. The van der Waals surface area contributed by atoms with E-state index in [2.05, 4.69) is 0 Å². The highest BCUT2D eigenvalue weighted by atomic mass is 32.2. The zero-order chi connectivity index (χ0) is 18.9. The van der Waals surface area contributed by atoms with Crippen LogP contribution in [0.2, 0.25) is 0 Å². The van der Waals surface area contributed by atoms with Gasteiger partial charge in [-0.1, -0.05) is 32.0 Å². The smallest absolute Gasteiger partial charge is 0.258 e. The molecule has 0 N–H and O–H groups in total. The van der Waals surface area contributed by atoms with Gasteiger partial charge in [-0.15, -0.1) is 0 Å². The lowest BCUT2D eigenvalue weighted by molar-refractivity contribution is 0.0981. The van der Waals surface area contributed by atoms with Crippen LogP contribution in [0.15, 0.2) is 53.4 Å². The molecule has 0 bridgehead atoms. The van der Waals surface area contributed by atoms with Crippen molar-refractivity contribution in [1.29, 1.82) is 0 Å². The van der Waals surface area contributed by atoms with Crippen LogP contribution < -0.4 is 4.90 Å². The fourth-order valence-electron chi connectivity index (χ4n) is 3.50. The number of amides is 1. The molecule has 0 saturated carbocycles. The largest absolute Gasteiger partial charge is 0.305 e. The highest BCUT2D eigenvalue weighted by Crippen LogP contribution is 2.33. The summed E-state index contributed by atoms with van der Waals surface area (Å²) in [5, 5.41) is 0. The Morgan fingerprint density at radius 1 is 1.08 bits per heavy atom. The first-order valence-corrected chi connectivity index (χ1v) is 10.4. The van der Waals surface area contributed by atoms with E-state index in [1.165, 1.54) is 16.4 Å². The molecule has 6 heteroatoms. The molecule has 2 aromatic carbocycles. The van der Waals surface area contributed by atoms with Gasteiger partial charge >= 0.3 is 0 Å². The van der Waals surface area contributed by atoms with Crippen LogP contribution in [0.3, 0.4) is 0 Å². The van der Waals surface area contributed by atoms with E-state index < -0.39 is 10.0 Å². The SMILES string of the molecule is CCN(CC)S(=O)(=O)c1ccc(C(=O)N2c3ccccc3CC2C)cc1. The third kappa shape index (κ3) is 3.15. The summed E-state index contributed by atoms with van der Waals surface area (Å²) in [5.41, 5.74) is 2.59. The highest BCUT2D eigenvalue weighted by molar-refractivity contribution is 7.89. The normalized spacial score (nSPS) is 16.8. The number of benzene rings is 2. The third-order valence-electron chi connectivity index (χ3n) is 4.87. The number of carbonyl (C=O) groups excluding carboxylic acids is 1.